The van der Waals surface area contributed by atoms with Crippen LogP contribution in [0.1, 0.15) is 34.4 Å². The van der Waals surface area contributed by atoms with Gasteiger partial charge in [0.15, 0.2) is 5.13 Å². The predicted molar refractivity (Wildman–Crippen MR) is 97.6 cm³/mol. The van der Waals surface area contributed by atoms with E-state index in [-0.39, 0.29) is 5.91 Å². The van der Waals surface area contributed by atoms with Gasteiger partial charge in [0.25, 0.3) is 5.91 Å². The molecular formula is C17H19N3OS2. The van der Waals surface area contributed by atoms with Crippen LogP contribution in [0.3, 0.4) is 0 Å². The zero-order valence-corrected chi connectivity index (χ0v) is 15.1. The van der Waals surface area contributed by atoms with Crippen molar-refractivity contribution < 1.29 is 4.79 Å². The number of carbonyl (C=O) groups excluding carboxylic acids is 1. The molecule has 0 spiro atoms. The van der Waals surface area contributed by atoms with Crippen molar-refractivity contribution in [2.24, 2.45) is 0 Å². The molecule has 0 saturated carbocycles. The number of aryl methyl sites for hydroxylation is 1. The van der Waals surface area contributed by atoms with Gasteiger partial charge in [0.2, 0.25) is 0 Å². The van der Waals surface area contributed by atoms with Crippen molar-refractivity contribution in [3.05, 3.63) is 45.2 Å². The van der Waals surface area contributed by atoms with E-state index in [4.69, 9.17) is 0 Å². The fraction of sp³-hybridized carbons (Fsp3) is 0.294. The molecule has 1 N–H and O–H groups in total. The van der Waals surface area contributed by atoms with E-state index in [9.17, 15) is 4.79 Å². The first-order valence-corrected chi connectivity index (χ1v) is 9.33. The normalized spacial score (nSPS) is 10.9. The summed E-state index contributed by atoms with van der Waals surface area (Å²) in [5.74, 6) is -0.0997. The molecule has 0 radical (unpaired) electrons. The fourth-order valence-corrected chi connectivity index (χ4v) is 3.97. The first-order valence-electron chi connectivity index (χ1n) is 7.57. The number of hydrogen-bond donors (Lipinski definition) is 1. The van der Waals surface area contributed by atoms with Gasteiger partial charge in [-0.15, -0.1) is 22.7 Å². The maximum atomic E-state index is 12.1. The molecule has 0 fully saturated rings. The van der Waals surface area contributed by atoms with E-state index >= 15 is 0 Å². The van der Waals surface area contributed by atoms with Crippen molar-refractivity contribution in [1.29, 1.82) is 0 Å². The topological polar surface area (TPSA) is 46.9 Å². The van der Waals surface area contributed by atoms with Crippen LogP contribution >= 0.6 is 22.7 Å². The smallest absolute Gasteiger partial charge is 0.267 e. The van der Waals surface area contributed by atoms with Gasteiger partial charge in [0, 0.05) is 28.9 Å². The highest BCUT2D eigenvalue weighted by Gasteiger charge is 2.15. The highest BCUT2D eigenvalue weighted by atomic mass is 32.1. The molecular weight excluding hydrogens is 326 g/mol. The first-order chi connectivity index (χ1) is 11.1. The van der Waals surface area contributed by atoms with Gasteiger partial charge in [0.05, 0.1) is 10.6 Å². The molecule has 0 aromatic carbocycles. The molecule has 23 heavy (non-hydrogen) atoms. The Balaban J connectivity index is 1.82. The molecule has 3 aromatic heterocycles. The summed E-state index contributed by atoms with van der Waals surface area (Å²) < 4.78 is 2.32. The van der Waals surface area contributed by atoms with Gasteiger partial charge in [-0.2, -0.15) is 0 Å². The molecule has 0 aliphatic rings. The van der Waals surface area contributed by atoms with Crippen LogP contribution in [0.2, 0.25) is 0 Å². The second-order valence-corrected chi connectivity index (χ2v) is 7.21. The molecule has 3 heterocycles. The van der Waals surface area contributed by atoms with Crippen LogP contribution in [0.15, 0.2) is 29.0 Å². The third-order valence-corrected chi connectivity index (χ3v) is 5.39. The van der Waals surface area contributed by atoms with Crippen molar-refractivity contribution in [2.75, 3.05) is 5.32 Å². The number of thiophene rings is 1. The maximum Gasteiger partial charge on any atom is 0.267 e. The highest BCUT2D eigenvalue weighted by molar-refractivity contribution is 7.14. The lowest BCUT2D eigenvalue weighted by molar-refractivity contribution is 0.103. The summed E-state index contributed by atoms with van der Waals surface area (Å²) in [6, 6.07) is 5.85. The minimum Gasteiger partial charge on any atom is -0.348 e. The molecule has 6 heteroatoms. The lowest BCUT2D eigenvalue weighted by Gasteiger charge is -2.07. The zero-order valence-electron chi connectivity index (χ0n) is 13.4. The second-order valence-electron chi connectivity index (χ2n) is 5.41. The fourth-order valence-electron chi connectivity index (χ4n) is 2.65. The van der Waals surface area contributed by atoms with Gasteiger partial charge in [-0.05, 0) is 37.8 Å². The molecule has 4 nitrogen and oxygen atoms in total. The van der Waals surface area contributed by atoms with Crippen molar-refractivity contribution in [3.8, 4) is 11.3 Å². The van der Waals surface area contributed by atoms with Crippen LogP contribution in [0.5, 0.6) is 0 Å². The Hall–Kier alpha value is -1.92. The van der Waals surface area contributed by atoms with E-state index < -0.39 is 0 Å². The predicted octanol–water partition coefficient (Wildman–Crippen LogP) is 4.95. The summed E-state index contributed by atoms with van der Waals surface area (Å²) in [7, 11) is 0. The van der Waals surface area contributed by atoms with Gasteiger partial charge in [-0.25, -0.2) is 4.98 Å². The van der Waals surface area contributed by atoms with Gasteiger partial charge in [-0.3, -0.25) is 10.1 Å². The molecule has 0 bridgehead atoms. The molecule has 120 valence electrons. The molecule has 0 saturated heterocycles. The van der Waals surface area contributed by atoms with Crippen LogP contribution in [0.4, 0.5) is 5.13 Å². The van der Waals surface area contributed by atoms with Crippen LogP contribution in [0, 0.1) is 13.8 Å². The summed E-state index contributed by atoms with van der Waals surface area (Å²) >= 11 is 2.89. The number of nitrogens with one attached hydrogen (secondary N) is 1. The Labute approximate surface area is 143 Å². The Bertz CT molecular complexity index is 815. The van der Waals surface area contributed by atoms with E-state index in [2.05, 4.69) is 41.7 Å². The van der Waals surface area contributed by atoms with E-state index in [1.54, 1.807) is 0 Å². The van der Waals surface area contributed by atoms with Crippen LogP contribution in [-0.2, 0) is 6.54 Å². The third kappa shape index (κ3) is 3.23. The minimum atomic E-state index is -0.0997. The van der Waals surface area contributed by atoms with Gasteiger partial charge >= 0.3 is 0 Å². The van der Waals surface area contributed by atoms with Crippen molar-refractivity contribution in [1.82, 2.24) is 9.55 Å². The van der Waals surface area contributed by atoms with Crippen molar-refractivity contribution in [2.45, 2.75) is 33.7 Å². The molecule has 3 rings (SSSR count). The zero-order chi connectivity index (χ0) is 16.4. The molecule has 0 aliphatic heterocycles. The highest BCUT2D eigenvalue weighted by Crippen LogP contribution is 2.30. The Morgan fingerprint density at radius 2 is 2.17 bits per heavy atom. The monoisotopic (exact) mass is 345 g/mol. The van der Waals surface area contributed by atoms with Crippen LogP contribution in [0.25, 0.3) is 11.3 Å². The molecule has 0 unspecified atom stereocenters. The Kier molecular flexibility index (Phi) is 4.63. The number of thiazole rings is 1. The number of amides is 1. The van der Waals surface area contributed by atoms with E-state index in [1.807, 2.05) is 22.9 Å². The SMILES string of the molecule is CCCn1c(C)cc(-c2csc(NC(=O)c3cccs3)n2)c1C. The summed E-state index contributed by atoms with van der Waals surface area (Å²) in [6.45, 7) is 7.45. The summed E-state index contributed by atoms with van der Waals surface area (Å²) in [6.07, 6.45) is 1.11. The van der Waals surface area contributed by atoms with Crippen LogP contribution in [-0.4, -0.2) is 15.5 Å². The summed E-state index contributed by atoms with van der Waals surface area (Å²) in [4.78, 5) is 17.4. The van der Waals surface area contributed by atoms with Crippen LogP contribution < -0.4 is 5.32 Å². The average molecular weight is 345 g/mol. The average Bonchev–Trinajstić information content (AvgIpc) is 3.24. The summed E-state index contributed by atoms with van der Waals surface area (Å²) in [5.41, 5.74) is 4.54. The largest absolute Gasteiger partial charge is 0.348 e. The van der Waals surface area contributed by atoms with E-state index in [0.29, 0.717) is 10.0 Å². The number of anilines is 1. The number of nitrogens with zero attached hydrogens (tertiary/aromatic N) is 2. The van der Waals surface area contributed by atoms with E-state index in [1.165, 1.54) is 34.1 Å². The Morgan fingerprint density at radius 1 is 1.35 bits per heavy atom. The van der Waals surface area contributed by atoms with Gasteiger partial charge in [0.1, 0.15) is 0 Å². The molecule has 0 aliphatic carbocycles. The number of carbonyl (C=O) groups is 1. The minimum absolute atomic E-state index is 0.0997. The number of hydrogen-bond acceptors (Lipinski definition) is 4. The number of rotatable bonds is 5. The van der Waals surface area contributed by atoms with Crippen molar-refractivity contribution >= 4 is 33.7 Å². The number of aromatic nitrogens is 2. The van der Waals surface area contributed by atoms with E-state index in [0.717, 1.165) is 24.2 Å². The molecule has 3 aromatic rings. The Morgan fingerprint density at radius 3 is 2.87 bits per heavy atom. The lowest BCUT2D eigenvalue weighted by atomic mass is 10.2. The van der Waals surface area contributed by atoms with Gasteiger partial charge < -0.3 is 4.57 Å². The molecule has 1 amide bonds. The standard InChI is InChI=1S/C17H19N3OS2/c1-4-7-20-11(2)9-13(12(20)3)14-10-23-17(18-14)19-16(21)15-6-5-8-22-15/h5-6,8-10H,4,7H2,1-3H3,(H,18,19,21). The van der Waals surface area contributed by atoms with Gasteiger partial charge in [-0.1, -0.05) is 13.0 Å². The quantitative estimate of drug-likeness (QED) is 0.711. The third-order valence-electron chi connectivity index (χ3n) is 3.77. The summed E-state index contributed by atoms with van der Waals surface area (Å²) in [5, 5.41) is 7.41. The lowest BCUT2D eigenvalue weighted by Crippen LogP contribution is -2.09. The molecule has 0 atom stereocenters. The second kappa shape index (κ2) is 6.68. The van der Waals surface area contributed by atoms with Crippen molar-refractivity contribution in [3.63, 3.8) is 0 Å². The maximum absolute atomic E-state index is 12.1. The first kappa shape index (κ1) is 16.0.